The van der Waals surface area contributed by atoms with Crippen LogP contribution < -0.4 is 5.11 Å². The molecular weight excluding hydrogens is 233 g/mol. The van der Waals surface area contributed by atoms with Crippen molar-refractivity contribution in [2.45, 2.75) is 0 Å². The van der Waals surface area contributed by atoms with Crippen molar-refractivity contribution < 1.29 is 14.3 Å². The van der Waals surface area contributed by atoms with Crippen LogP contribution in [0.4, 0.5) is 4.39 Å². The fraction of sp³-hybridized carbons (Fsp3) is 0. The Balaban J connectivity index is 2.46. The number of benzene rings is 1. The topological polar surface area (TPSA) is 53.0 Å². The minimum atomic E-state index is -1.31. The lowest BCUT2D eigenvalue weighted by atomic mass is 10.0. The van der Waals surface area contributed by atoms with E-state index in [0.717, 1.165) is 0 Å². The van der Waals surface area contributed by atoms with Gasteiger partial charge in [-0.25, -0.2) is 4.39 Å². The molecule has 0 amide bonds. The lowest BCUT2D eigenvalue weighted by Gasteiger charge is -2.08. The van der Waals surface area contributed by atoms with Gasteiger partial charge in [-0.1, -0.05) is 12.1 Å². The average molecular weight is 242 g/mol. The SMILES string of the molecule is O=C([O-])/C(=C/c1cccc(F)c1)c1ccncc1. The number of pyridine rings is 1. The highest BCUT2D eigenvalue weighted by Gasteiger charge is 2.03. The van der Waals surface area contributed by atoms with Crippen molar-refractivity contribution in [3.8, 4) is 0 Å². The molecule has 1 aromatic heterocycles. The van der Waals surface area contributed by atoms with Gasteiger partial charge in [0.25, 0.3) is 0 Å². The van der Waals surface area contributed by atoms with Gasteiger partial charge in [-0.05, 0) is 41.5 Å². The van der Waals surface area contributed by atoms with E-state index in [-0.39, 0.29) is 5.57 Å². The lowest BCUT2D eigenvalue weighted by Crippen LogP contribution is -2.23. The molecule has 18 heavy (non-hydrogen) atoms. The maximum Gasteiger partial charge on any atom is 0.123 e. The van der Waals surface area contributed by atoms with Crippen LogP contribution in [0.15, 0.2) is 48.8 Å². The molecule has 0 N–H and O–H groups in total. The van der Waals surface area contributed by atoms with Crippen LogP contribution in [0.5, 0.6) is 0 Å². The third-order valence-electron chi connectivity index (χ3n) is 2.37. The maximum absolute atomic E-state index is 13.0. The Hall–Kier alpha value is -2.49. The Bertz CT molecular complexity index is 594. The Morgan fingerprint density at radius 1 is 1.22 bits per heavy atom. The minimum absolute atomic E-state index is 0.0111. The van der Waals surface area contributed by atoms with Crippen LogP contribution in [-0.2, 0) is 4.79 Å². The number of aromatic nitrogens is 1. The molecule has 1 aromatic carbocycles. The molecule has 2 rings (SSSR count). The standard InChI is InChI=1S/C14H10FNO2/c15-12-3-1-2-10(8-12)9-13(14(17)18)11-4-6-16-7-5-11/h1-9H,(H,17,18)/p-1/b13-9+. The van der Waals surface area contributed by atoms with Gasteiger partial charge >= 0.3 is 0 Å². The molecule has 0 saturated carbocycles. The summed E-state index contributed by atoms with van der Waals surface area (Å²) in [6, 6.07) is 8.79. The molecule has 1 heterocycles. The van der Waals surface area contributed by atoms with E-state index in [0.29, 0.717) is 11.1 Å². The maximum atomic E-state index is 13.0. The van der Waals surface area contributed by atoms with Gasteiger partial charge in [-0.2, -0.15) is 0 Å². The molecule has 3 nitrogen and oxygen atoms in total. The largest absolute Gasteiger partial charge is 0.545 e. The van der Waals surface area contributed by atoms with Crippen molar-refractivity contribution in [3.63, 3.8) is 0 Å². The van der Waals surface area contributed by atoms with E-state index in [1.807, 2.05) is 0 Å². The number of carbonyl (C=O) groups excluding carboxylic acids is 1. The van der Waals surface area contributed by atoms with Gasteiger partial charge in [-0.15, -0.1) is 0 Å². The van der Waals surface area contributed by atoms with E-state index in [4.69, 9.17) is 0 Å². The molecular formula is C14H9FNO2-. The van der Waals surface area contributed by atoms with Gasteiger partial charge in [0.15, 0.2) is 0 Å². The number of carboxylic acids is 1. The molecule has 0 saturated heterocycles. The number of hydrogen-bond acceptors (Lipinski definition) is 3. The van der Waals surface area contributed by atoms with Gasteiger partial charge in [0.05, 0.1) is 5.97 Å². The molecule has 0 atom stereocenters. The van der Waals surface area contributed by atoms with E-state index in [1.54, 1.807) is 18.2 Å². The molecule has 4 heteroatoms. The highest BCUT2D eigenvalue weighted by Crippen LogP contribution is 2.17. The summed E-state index contributed by atoms with van der Waals surface area (Å²) in [5.41, 5.74) is 0.920. The van der Waals surface area contributed by atoms with Gasteiger partial charge < -0.3 is 9.90 Å². The van der Waals surface area contributed by atoms with Crippen molar-refractivity contribution >= 4 is 17.6 Å². The van der Waals surface area contributed by atoms with Crippen LogP contribution in [0.3, 0.4) is 0 Å². The van der Waals surface area contributed by atoms with E-state index < -0.39 is 11.8 Å². The zero-order valence-corrected chi connectivity index (χ0v) is 9.34. The van der Waals surface area contributed by atoms with Gasteiger partial charge in [0.2, 0.25) is 0 Å². The Labute approximate surface area is 103 Å². The van der Waals surface area contributed by atoms with E-state index in [9.17, 15) is 14.3 Å². The molecule has 0 radical (unpaired) electrons. The molecule has 0 fully saturated rings. The molecule has 0 aliphatic rings. The van der Waals surface area contributed by atoms with E-state index >= 15 is 0 Å². The van der Waals surface area contributed by atoms with Crippen molar-refractivity contribution in [2.24, 2.45) is 0 Å². The van der Waals surface area contributed by atoms with Crippen LogP contribution in [0.25, 0.3) is 11.6 Å². The van der Waals surface area contributed by atoms with Crippen LogP contribution in [0.2, 0.25) is 0 Å². The molecule has 2 aromatic rings. The molecule has 0 spiro atoms. The summed E-state index contributed by atoms with van der Waals surface area (Å²) in [5, 5.41) is 11.1. The van der Waals surface area contributed by atoms with E-state index in [1.165, 1.54) is 36.7 Å². The molecule has 0 aliphatic carbocycles. The monoisotopic (exact) mass is 242 g/mol. The smallest absolute Gasteiger partial charge is 0.123 e. The first-order valence-corrected chi connectivity index (χ1v) is 5.26. The normalized spacial score (nSPS) is 11.3. The van der Waals surface area contributed by atoms with Crippen molar-refractivity contribution in [1.29, 1.82) is 0 Å². The third kappa shape index (κ3) is 2.79. The zero-order valence-electron chi connectivity index (χ0n) is 9.34. The molecule has 0 bridgehead atoms. The number of halogens is 1. The van der Waals surface area contributed by atoms with Crippen LogP contribution in [0, 0.1) is 5.82 Å². The highest BCUT2D eigenvalue weighted by molar-refractivity contribution is 6.19. The number of rotatable bonds is 3. The van der Waals surface area contributed by atoms with Crippen molar-refractivity contribution in [2.75, 3.05) is 0 Å². The second-order valence-corrected chi connectivity index (χ2v) is 3.64. The van der Waals surface area contributed by atoms with Crippen LogP contribution in [-0.4, -0.2) is 11.0 Å². The first-order valence-electron chi connectivity index (χ1n) is 5.26. The van der Waals surface area contributed by atoms with Gasteiger partial charge in [0.1, 0.15) is 5.82 Å². The summed E-state index contributed by atoms with van der Waals surface area (Å²) in [4.78, 5) is 14.9. The second-order valence-electron chi connectivity index (χ2n) is 3.64. The summed E-state index contributed by atoms with van der Waals surface area (Å²) < 4.78 is 13.0. The van der Waals surface area contributed by atoms with Gasteiger partial charge in [0, 0.05) is 18.0 Å². The Kier molecular flexibility index (Phi) is 3.48. The first kappa shape index (κ1) is 12.0. The zero-order chi connectivity index (χ0) is 13.0. The van der Waals surface area contributed by atoms with Crippen molar-refractivity contribution in [1.82, 2.24) is 4.98 Å². The average Bonchev–Trinajstić information content (AvgIpc) is 2.37. The number of aliphatic carboxylic acids is 1. The number of nitrogens with zero attached hydrogens (tertiary/aromatic N) is 1. The van der Waals surface area contributed by atoms with Crippen LogP contribution in [0.1, 0.15) is 11.1 Å². The van der Waals surface area contributed by atoms with Crippen LogP contribution >= 0.6 is 0 Å². The Morgan fingerprint density at radius 3 is 2.56 bits per heavy atom. The third-order valence-corrected chi connectivity index (χ3v) is 2.37. The minimum Gasteiger partial charge on any atom is -0.545 e. The summed E-state index contributed by atoms with van der Waals surface area (Å²) in [6.07, 6.45) is 4.34. The number of carboxylic acid groups (broad SMARTS) is 1. The highest BCUT2D eigenvalue weighted by atomic mass is 19.1. The fourth-order valence-electron chi connectivity index (χ4n) is 1.55. The predicted molar refractivity (Wildman–Crippen MR) is 63.5 cm³/mol. The van der Waals surface area contributed by atoms with E-state index in [2.05, 4.69) is 4.98 Å². The number of hydrogen-bond donors (Lipinski definition) is 0. The molecule has 0 aliphatic heterocycles. The van der Waals surface area contributed by atoms with Crippen molar-refractivity contribution in [3.05, 3.63) is 65.7 Å². The Morgan fingerprint density at radius 2 is 1.94 bits per heavy atom. The first-order chi connectivity index (χ1) is 8.66. The fourth-order valence-corrected chi connectivity index (χ4v) is 1.55. The second kappa shape index (κ2) is 5.23. The quantitative estimate of drug-likeness (QED) is 0.766. The lowest BCUT2D eigenvalue weighted by molar-refractivity contribution is -0.295. The summed E-state index contributed by atoms with van der Waals surface area (Å²) in [6.45, 7) is 0. The molecule has 90 valence electrons. The molecule has 0 unspecified atom stereocenters. The van der Waals surface area contributed by atoms with Gasteiger partial charge in [-0.3, -0.25) is 4.98 Å². The number of carbonyl (C=O) groups is 1. The predicted octanol–water partition coefficient (Wildman–Crippen LogP) is 1.51. The summed E-state index contributed by atoms with van der Waals surface area (Å²) >= 11 is 0. The summed E-state index contributed by atoms with van der Waals surface area (Å²) in [5.74, 6) is -1.73. The summed E-state index contributed by atoms with van der Waals surface area (Å²) in [7, 11) is 0.